The number of rotatable bonds is 12. The summed E-state index contributed by atoms with van der Waals surface area (Å²) in [5, 5.41) is 6.95. The Morgan fingerprint density at radius 1 is 0.533 bits per heavy atom. The van der Waals surface area contributed by atoms with Gasteiger partial charge in [0, 0.05) is 0 Å². The minimum atomic E-state index is 1.20. The van der Waals surface area contributed by atoms with Crippen LogP contribution in [0.4, 0.5) is 0 Å². The van der Waals surface area contributed by atoms with Crippen molar-refractivity contribution >= 4 is 0 Å². The Kier molecular flexibility index (Phi) is 13.8. The van der Waals surface area contributed by atoms with Gasteiger partial charge in [0.05, 0.1) is 0 Å². The molecule has 0 rings (SSSR count). The summed E-state index contributed by atoms with van der Waals surface area (Å²) in [4.78, 5) is 0. The summed E-state index contributed by atoms with van der Waals surface area (Å²) >= 11 is 0. The van der Waals surface area contributed by atoms with Crippen LogP contribution in [0.25, 0.3) is 0 Å². The van der Waals surface area contributed by atoms with Crippen molar-refractivity contribution < 1.29 is 0 Å². The second kappa shape index (κ2) is 13.9. The van der Waals surface area contributed by atoms with Gasteiger partial charge in [0.1, 0.15) is 0 Å². The molecule has 0 amide bonds. The number of nitrogens with one attached hydrogen (secondary N) is 2. The topological polar surface area (TPSA) is 24.1 Å². The zero-order chi connectivity index (χ0) is 11.2. The summed E-state index contributed by atoms with van der Waals surface area (Å²) < 4.78 is 0. The highest BCUT2D eigenvalue weighted by Gasteiger charge is 1.90. The number of hydrogen-bond acceptors (Lipinski definition) is 2. The van der Waals surface area contributed by atoms with Crippen LogP contribution in [0.3, 0.4) is 0 Å². The van der Waals surface area contributed by atoms with Gasteiger partial charge in [-0.2, -0.15) is 0 Å². The Labute approximate surface area is 96.2 Å². The third-order valence-electron chi connectivity index (χ3n) is 2.62. The average molecular weight is 214 g/mol. The minimum absolute atomic E-state index is 1.20. The molecule has 0 saturated heterocycles. The highest BCUT2D eigenvalue weighted by Crippen LogP contribution is 1.93. The first-order valence-corrected chi connectivity index (χ1v) is 6.83. The van der Waals surface area contributed by atoms with Crippen LogP contribution in [0.15, 0.2) is 0 Å². The van der Waals surface area contributed by atoms with Gasteiger partial charge in [-0.15, -0.1) is 0 Å². The van der Waals surface area contributed by atoms with Crippen molar-refractivity contribution in [2.75, 3.05) is 26.2 Å². The Balaban J connectivity index is 2.81. The van der Waals surface area contributed by atoms with Gasteiger partial charge < -0.3 is 10.6 Å². The summed E-state index contributed by atoms with van der Waals surface area (Å²) in [6.45, 7) is 9.29. The van der Waals surface area contributed by atoms with Crippen LogP contribution >= 0.6 is 0 Å². The lowest BCUT2D eigenvalue weighted by Crippen LogP contribution is -2.18. The molecule has 0 atom stereocenters. The molecule has 0 aromatic heterocycles. The fraction of sp³-hybridized carbons (Fsp3) is 1.00. The van der Waals surface area contributed by atoms with E-state index in [9.17, 15) is 0 Å². The maximum absolute atomic E-state index is 3.48. The molecule has 2 N–H and O–H groups in total. The molecule has 0 bridgehead atoms. The molecule has 0 aromatic rings. The number of unbranched alkanes of at least 4 members (excludes halogenated alkanes) is 4. The first-order chi connectivity index (χ1) is 7.41. The fourth-order valence-electron chi connectivity index (χ4n) is 1.53. The van der Waals surface area contributed by atoms with Crippen molar-refractivity contribution in [1.29, 1.82) is 0 Å². The Bertz CT molecular complexity index is 92.7. The van der Waals surface area contributed by atoms with E-state index in [4.69, 9.17) is 0 Å². The predicted molar refractivity (Wildman–Crippen MR) is 69.4 cm³/mol. The average Bonchev–Trinajstić information content (AvgIpc) is 2.26. The van der Waals surface area contributed by atoms with Crippen LogP contribution < -0.4 is 10.6 Å². The van der Waals surface area contributed by atoms with Gasteiger partial charge in [-0.25, -0.2) is 0 Å². The zero-order valence-electron chi connectivity index (χ0n) is 10.8. The molecule has 0 fully saturated rings. The van der Waals surface area contributed by atoms with Crippen molar-refractivity contribution in [3.05, 3.63) is 0 Å². The fourth-order valence-corrected chi connectivity index (χ4v) is 1.53. The summed E-state index contributed by atoms with van der Waals surface area (Å²) in [7, 11) is 0. The van der Waals surface area contributed by atoms with E-state index in [1.165, 1.54) is 71.1 Å². The van der Waals surface area contributed by atoms with Crippen LogP contribution in [0, 0.1) is 0 Å². The molecule has 2 nitrogen and oxygen atoms in total. The molecule has 0 aliphatic rings. The van der Waals surface area contributed by atoms with E-state index < -0.39 is 0 Å². The van der Waals surface area contributed by atoms with E-state index in [0.717, 1.165) is 0 Å². The van der Waals surface area contributed by atoms with Gasteiger partial charge in [0.2, 0.25) is 0 Å². The molecule has 0 aliphatic carbocycles. The highest BCUT2D eigenvalue weighted by atomic mass is 14.8. The zero-order valence-corrected chi connectivity index (χ0v) is 10.8. The van der Waals surface area contributed by atoms with Crippen molar-refractivity contribution in [3.63, 3.8) is 0 Å². The van der Waals surface area contributed by atoms with Crippen molar-refractivity contribution in [2.24, 2.45) is 0 Å². The summed E-state index contributed by atoms with van der Waals surface area (Å²) in [5.74, 6) is 0. The minimum Gasteiger partial charge on any atom is -0.317 e. The van der Waals surface area contributed by atoms with E-state index in [1.807, 2.05) is 0 Å². The third kappa shape index (κ3) is 13.9. The van der Waals surface area contributed by atoms with Crippen molar-refractivity contribution in [2.45, 2.75) is 58.8 Å². The summed E-state index contributed by atoms with van der Waals surface area (Å²) in [5.41, 5.74) is 0. The predicted octanol–water partition coefficient (Wildman–Crippen LogP) is 2.94. The second-order valence-corrected chi connectivity index (χ2v) is 4.27. The molecule has 92 valence electrons. The lowest BCUT2D eigenvalue weighted by Gasteiger charge is -2.05. The molecule has 0 unspecified atom stereocenters. The molecule has 0 heterocycles. The van der Waals surface area contributed by atoms with Crippen LogP contribution in [0.2, 0.25) is 0 Å². The van der Waals surface area contributed by atoms with Crippen LogP contribution in [0.1, 0.15) is 58.8 Å². The van der Waals surface area contributed by atoms with E-state index in [-0.39, 0.29) is 0 Å². The van der Waals surface area contributed by atoms with Crippen LogP contribution in [0.5, 0.6) is 0 Å². The summed E-state index contributed by atoms with van der Waals surface area (Å²) in [6, 6.07) is 0. The molecular weight excluding hydrogens is 184 g/mol. The quantitative estimate of drug-likeness (QED) is 0.488. The Hall–Kier alpha value is -0.0800. The SMILES string of the molecule is CCCCNCCCCCNCCCC. The van der Waals surface area contributed by atoms with Crippen molar-refractivity contribution in [1.82, 2.24) is 10.6 Å². The Morgan fingerprint density at radius 2 is 0.933 bits per heavy atom. The first kappa shape index (κ1) is 14.9. The normalized spacial score (nSPS) is 10.8. The molecule has 0 aliphatic heterocycles. The van der Waals surface area contributed by atoms with Gasteiger partial charge in [0.25, 0.3) is 0 Å². The van der Waals surface area contributed by atoms with Gasteiger partial charge in [-0.1, -0.05) is 33.1 Å². The maximum atomic E-state index is 3.48. The van der Waals surface area contributed by atoms with Gasteiger partial charge in [0.15, 0.2) is 0 Å². The summed E-state index contributed by atoms with van der Waals surface area (Å²) in [6.07, 6.45) is 9.26. The van der Waals surface area contributed by atoms with E-state index >= 15 is 0 Å². The van der Waals surface area contributed by atoms with Crippen molar-refractivity contribution in [3.8, 4) is 0 Å². The van der Waals surface area contributed by atoms with Gasteiger partial charge >= 0.3 is 0 Å². The first-order valence-electron chi connectivity index (χ1n) is 6.83. The van der Waals surface area contributed by atoms with Gasteiger partial charge in [-0.3, -0.25) is 0 Å². The molecular formula is C13H30N2. The molecule has 0 saturated carbocycles. The standard InChI is InChI=1S/C13H30N2/c1-3-5-10-14-12-8-7-9-13-15-11-6-4-2/h14-15H,3-13H2,1-2H3. The Morgan fingerprint density at radius 3 is 1.33 bits per heavy atom. The lowest BCUT2D eigenvalue weighted by atomic mass is 10.2. The maximum Gasteiger partial charge on any atom is -0.00489 e. The van der Waals surface area contributed by atoms with Crippen LogP contribution in [-0.4, -0.2) is 26.2 Å². The monoisotopic (exact) mass is 214 g/mol. The molecule has 0 aromatic carbocycles. The van der Waals surface area contributed by atoms with Crippen LogP contribution in [-0.2, 0) is 0 Å². The largest absolute Gasteiger partial charge is 0.317 e. The lowest BCUT2D eigenvalue weighted by molar-refractivity contribution is 0.557. The van der Waals surface area contributed by atoms with E-state index in [0.29, 0.717) is 0 Å². The second-order valence-electron chi connectivity index (χ2n) is 4.27. The highest BCUT2D eigenvalue weighted by molar-refractivity contribution is 4.51. The molecule has 0 spiro atoms. The van der Waals surface area contributed by atoms with E-state index in [2.05, 4.69) is 24.5 Å². The third-order valence-corrected chi connectivity index (χ3v) is 2.62. The molecule has 15 heavy (non-hydrogen) atoms. The van der Waals surface area contributed by atoms with Gasteiger partial charge in [-0.05, 0) is 51.9 Å². The van der Waals surface area contributed by atoms with E-state index in [1.54, 1.807) is 0 Å². The number of hydrogen-bond donors (Lipinski definition) is 2. The molecule has 2 heteroatoms. The molecule has 0 radical (unpaired) electrons. The smallest absolute Gasteiger partial charge is 0.00489 e.